The number of carboxylic acid groups (broad SMARTS) is 2. The summed E-state index contributed by atoms with van der Waals surface area (Å²) in [6.07, 6.45) is 3.31. The average Bonchev–Trinajstić information content (AvgIpc) is 3.59. The second-order valence-electron chi connectivity index (χ2n) is 12.2. The van der Waals surface area contributed by atoms with E-state index in [0.717, 1.165) is 68.3 Å². The third-order valence-corrected chi connectivity index (χ3v) is 9.72. The SMILES string of the molecule is CCC1=C(C)C(Cc2[nH]c(Cc3[nH]c(C[C@H]4N[C@@H](O)[C@H](C)[C@H]4CC)c(C)c3CCC(=O)O)c(CCC(=O)O)c2C)=NC1=O. The van der Waals surface area contributed by atoms with E-state index >= 15 is 0 Å². The summed E-state index contributed by atoms with van der Waals surface area (Å²) in [5.41, 5.74) is 9.97. The molecule has 0 radical (unpaired) electrons. The Morgan fingerprint density at radius 1 is 0.860 bits per heavy atom. The molecule has 10 nitrogen and oxygen atoms in total. The van der Waals surface area contributed by atoms with Gasteiger partial charge in [-0.2, -0.15) is 0 Å². The summed E-state index contributed by atoms with van der Waals surface area (Å²) < 4.78 is 0. The summed E-state index contributed by atoms with van der Waals surface area (Å²) in [5, 5.41) is 32.8. The Kier molecular flexibility index (Phi) is 10.1. The number of aliphatic hydroxyl groups is 1. The van der Waals surface area contributed by atoms with Gasteiger partial charge in [-0.05, 0) is 79.7 Å². The third kappa shape index (κ3) is 6.86. The Morgan fingerprint density at radius 3 is 1.93 bits per heavy atom. The van der Waals surface area contributed by atoms with Gasteiger partial charge in [0.1, 0.15) is 6.23 Å². The maximum atomic E-state index is 12.4. The van der Waals surface area contributed by atoms with Gasteiger partial charge in [-0.3, -0.25) is 19.7 Å². The van der Waals surface area contributed by atoms with E-state index in [2.05, 4.69) is 34.1 Å². The summed E-state index contributed by atoms with van der Waals surface area (Å²) in [6, 6.07) is 0.0946. The van der Waals surface area contributed by atoms with E-state index in [1.54, 1.807) is 0 Å². The lowest BCUT2D eigenvalue weighted by atomic mass is 9.86. The van der Waals surface area contributed by atoms with E-state index in [4.69, 9.17) is 0 Å². The number of carbonyl (C=O) groups is 3. The van der Waals surface area contributed by atoms with E-state index in [9.17, 15) is 29.7 Å². The normalized spacial score (nSPS) is 22.1. The molecule has 0 saturated carbocycles. The first-order valence-corrected chi connectivity index (χ1v) is 15.4. The molecule has 2 aliphatic heterocycles. The van der Waals surface area contributed by atoms with Crippen LogP contribution in [0.2, 0.25) is 0 Å². The molecule has 43 heavy (non-hydrogen) atoms. The van der Waals surface area contributed by atoms with Crippen molar-refractivity contribution in [2.75, 3.05) is 0 Å². The van der Waals surface area contributed by atoms with Crippen LogP contribution in [0, 0.1) is 25.7 Å². The van der Waals surface area contributed by atoms with Crippen molar-refractivity contribution in [3.63, 3.8) is 0 Å². The maximum Gasteiger partial charge on any atom is 0.303 e. The zero-order valence-electron chi connectivity index (χ0n) is 26.2. The molecule has 2 aliphatic rings. The fourth-order valence-corrected chi connectivity index (χ4v) is 7.07. The molecule has 1 saturated heterocycles. The van der Waals surface area contributed by atoms with Crippen molar-refractivity contribution in [2.24, 2.45) is 16.8 Å². The van der Waals surface area contributed by atoms with Gasteiger partial charge >= 0.3 is 11.9 Å². The van der Waals surface area contributed by atoms with Gasteiger partial charge in [-0.25, -0.2) is 4.99 Å². The van der Waals surface area contributed by atoms with E-state index in [-0.39, 0.29) is 30.7 Å². The number of amides is 1. The zero-order valence-corrected chi connectivity index (χ0v) is 26.2. The minimum Gasteiger partial charge on any atom is -0.481 e. The summed E-state index contributed by atoms with van der Waals surface area (Å²) >= 11 is 0. The Hall–Kier alpha value is -3.50. The van der Waals surface area contributed by atoms with Crippen LogP contribution in [0.3, 0.4) is 0 Å². The van der Waals surface area contributed by atoms with E-state index in [1.807, 2.05) is 27.7 Å². The predicted molar refractivity (Wildman–Crippen MR) is 164 cm³/mol. The lowest BCUT2D eigenvalue weighted by Crippen LogP contribution is -2.33. The van der Waals surface area contributed by atoms with Crippen molar-refractivity contribution in [3.05, 3.63) is 56.2 Å². The van der Waals surface area contributed by atoms with E-state index in [1.165, 1.54) is 0 Å². The van der Waals surface area contributed by atoms with Crippen molar-refractivity contribution in [1.82, 2.24) is 15.3 Å². The lowest BCUT2D eigenvalue weighted by Gasteiger charge is -2.20. The smallest absolute Gasteiger partial charge is 0.303 e. The van der Waals surface area contributed by atoms with Crippen LogP contribution in [0.1, 0.15) is 98.4 Å². The second-order valence-corrected chi connectivity index (χ2v) is 12.2. The zero-order chi connectivity index (χ0) is 31.6. The summed E-state index contributed by atoms with van der Waals surface area (Å²) in [4.78, 5) is 47.0. The molecule has 0 bridgehead atoms. The number of allylic oxidation sites excluding steroid dienone is 1. The number of aromatic amines is 2. The molecule has 4 rings (SSSR count). The number of H-pyrrole nitrogens is 2. The molecule has 0 aromatic carbocycles. The number of hydrogen-bond donors (Lipinski definition) is 6. The molecule has 4 heterocycles. The van der Waals surface area contributed by atoms with Gasteiger partial charge in [0.2, 0.25) is 0 Å². The average molecular weight is 595 g/mol. The summed E-state index contributed by atoms with van der Waals surface area (Å²) in [5.74, 6) is -1.48. The van der Waals surface area contributed by atoms with Crippen LogP contribution in [0.5, 0.6) is 0 Å². The molecule has 1 amide bonds. The van der Waals surface area contributed by atoms with Gasteiger partial charge in [0.25, 0.3) is 5.91 Å². The Balaban J connectivity index is 1.70. The highest BCUT2D eigenvalue weighted by Gasteiger charge is 2.38. The number of aromatic nitrogens is 2. The van der Waals surface area contributed by atoms with E-state index < -0.39 is 18.2 Å². The highest BCUT2D eigenvalue weighted by atomic mass is 16.4. The van der Waals surface area contributed by atoms with Crippen LogP contribution in [0.25, 0.3) is 0 Å². The molecule has 0 unspecified atom stereocenters. The molecule has 6 N–H and O–H groups in total. The Morgan fingerprint density at radius 2 is 1.42 bits per heavy atom. The van der Waals surface area contributed by atoms with E-state index in [0.29, 0.717) is 44.4 Å². The fraction of sp³-hybridized carbons (Fsp3) is 0.576. The molecule has 234 valence electrons. The van der Waals surface area contributed by atoms with Crippen LogP contribution in [0.4, 0.5) is 0 Å². The van der Waals surface area contributed by atoms with Gasteiger partial charge in [-0.15, -0.1) is 0 Å². The number of carboxylic acids is 2. The number of aliphatic hydroxyl groups excluding tert-OH is 1. The molecular formula is C33H46N4O6. The van der Waals surface area contributed by atoms with Crippen molar-refractivity contribution >= 4 is 23.6 Å². The third-order valence-electron chi connectivity index (χ3n) is 9.72. The highest BCUT2D eigenvalue weighted by Crippen LogP contribution is 2.33. The number of nitrogens with zero attached hydrogens (tertiary/aromatic N) is 1. The largest absolute Gasteiger partial charge is 0.481 e. The predicted octanol–water partition coefficient (Wildman–Crippen LogP) is 4.33. The lowest BCUT2D eigenvalue weighted by molar-refractivity contribution is -0.138. The van der Waals surface area contributed by atoms with Gasteiger partial charge < -0.3 is 25.3 Å². The first kappa shape index (κ1) is 32.4. The van der Waals surface area contributed by atoms with Crippen LogP contribution >= 0.6 is 0 Å². The highest BCUT2D eigenvalue weighted by molar-refractivity contribution is 6.19. The summed E-state index contributed by atoms with van der Waals surface area (Å²) in [6.45, 7) is 12.1. The number of carbonyl (C=O) groups excluding carboxylic acids is 1. The Labute approximate surface area is 253 Å². The first-order valence-electron chi connectivity index (χ1n) is 15.4. The van der Waals surface area contributed by atoms with Gasteiger partial charge in [0.05, 0.1) is 5.71 Å². The minimum absolute atomic E-state index is 0.000245. The molecule has 0 aliphatic carbocycles. The quantitative estimate of drug-likeness (QED) is 0.189. The maximum absolute atomic E-state index is 12.4. The second kappa shape index (κ2) is 13.4. The number of aliphatic carboxylic acids is 2. The topological polar surface area (TPSA) is 168 Å². The van der Waals surface area contributed by atoms with Gasteiger partial charge in [0, 0.05) is 66.5 Å². The van der Waals surface area contributed by atoms with Crippen LogP contribution in [-0.2, 0) is 46.5 Å². The monoisotopic (exact) mass is 594 g/mol. The molecule has 10 heteroatoms. The van der Waals surface area contributed by atoms with Crippen molar-refractivity contribution < 1.29 is 29.7 Å². The van der Waals surface area contributed by atoms with Crippen LogP contribution < -0.4 is 5.32 Å². The number of hydrogen-bond acceptors (Lipinski definition) is 5. The number of rotatable bonds is 14. The number of aliphatic imine (C=N–C) groups is 1. The molecule has 1 fully saturated rings. The molecule has 2 aromatic heterocycles. The number of nitrogens with one attached hydrogen (secondary N) is 3. The van der Waals surface area contributed by atoms with Gasteiger partial charge in [0.15, 0.2) is 0 Å². The molecule has 0 spiro atoms. The first-order chi connectivity index (χ1) is 20.4. The van der Waals surface area contributed by atoms with Crippen molar-refractivity contribution in [3.8, 4) is 0 Å². The fourth-order valence-electron chi connectivity index (χ4n) is 7.07. The van der Waals surface area contributed by atoms with Crippen LogP contribution in [-0.4, -0.2) is 61.1 Å². The van der Waals surface area contributed by atoms with Crippen molar-refractivity contribution in [2.45, 2.75) is 112 Å². The molecule has 4 atom stereocenters. The summed E-state index contributed by atoms with van der Waals surface area (Å²) in [7, 11) is 0. The molecule has 2 aromatic rings. The molecular weight excluding hydrogens is 548 g/mol. The van der Waals surface area contributed by atoms with Gasteiger partial charge in [-0.1, -0.05) is 27.2 Å². The Bertz CT molecular complexity index is 1460. The van der Waals surface area contributed by atoms with Crippen molar-refractivity contribution in [1.29, 1.82) is 0 Å². The minimum atomic E-state index is -0.878. The van der Waals surface area contributed by atoms with Crippen LogP contribution in [0.15, 0.2) is 16.1 Å². The standard InChI is InChI=1S/C33H46N4O6/c1-7-20-19(6)32(42)37-27(20)14-25-18(5)23(10-12-31(40)41)29(35-25)15-28-22(9-11-30(38)39)17(4)24(34-28)13-26-16(3)21(8-2)33(43)36-26/h19-20,27,32,34-35,37,42H,7-15H2,1-6H3,(H,38,39)(H,40,41)/t19-,20-,27-,32+/m1/s1.